The van der Waals surface area contributed by atoms with Gasteiger partial charge in [0, 0.05) is 6.54 Å². The molecule has 0 aliphatic carbocycles. The van der Waals surface area contributed by atoms with Crippen LogP contribution in [0.15, 0.2) is 34.6 Å². The first-order chi connectivity index (χ1) is 10.6. The normalized spacial score (nSPS) is 10.8. The van der Waals surface area contributed by atoms with Gasteiger partial charge in [0.2, 0.25) is 0 Å². The van der Waals surface area contributed by atoms with Crippen molar-refractivity contribution in [1.82, 2.24) is 15.3 Å². The fourth-order valence-corrected chi connectivity index (χ4v) is 2.65. The number of H-pyrrole nitrogens is 1. The minimum Gasteiger partial charge on any atom is -0.505 e. The molecular formula is C14H10FN3O3S. The Bertz CT molecular complexity index is 902. The van der Waals surface area contributed by atoms with Crippen molar-refractivity contribution in [3.63, 3.8) is 0 Å². The molecule has 6 nitrogen and oxygen atoms in total. The number of amides is 1. The maximum Gasteiger partial charge on any atom is 0.265 e. The van der Waals surface area contributed by atoms with Crippen molar-refractivity contribution in [2.24, 2.45) is 0 Å². The summed E-state index contributed by atoms with van der Waals surface area (Å²) in [4.78, 5) is 30.8. The van der Waals surface area contributed by atoms with E-state index >= 15 is 0 Å². The number of halogens is 1. The molecule has 1 amide bonds. The van der Waals surface area contributed by atoms with E-state index in [2.05, 4.69) is 15.3 Å². The second kappa shape index (κ2) is 5.57. The zero-order chi connectivity index (χ0) is 15.7. The molecule has 112 valence electrons. The van der Waals surface area contributed by atoms with Crippen LogP contribution in [0.2, 0.25) is 0 Å². The lowest BCUT2D eigenvalue weighted by Crippen LogP contribution is -2.29. The molecule has 3 aromatic rings. The number of pyridine rings is 1. The number of fused-ring (bicyclic) bond motifs is 1. The van der Waals surface area contributed by atoms with Crippen LogP contribution in [0.5, 0.6) is 5.75 Å². The first-order valence-electron chi connectivity index (χ1n) is 6.27. The van der Waals surface area contributed by atoms with E-state index in [-0.39, 0.29) is 23.4 Å². The summed E-state index contributed by atoms with van der Waals surface area (Å²) in [6.45, 7) is 0.104. The number of nitrogens with one attached hydrogen (secondary N) is 2. The van der Waals surface area contributed by atoms with Crippen molar-refractivity contribution >= 4 is 27.6 Å². The lowest BCUT2D eigenvalue weighted by Gasteiger charge is -2.06. The second-order valence-corrected chi connectivity index (χ2v) is 5.37. The molecule has 0 atom stereocenters. The minimum absolute atomic E-state index is 0.104. The molecule has 2 aromatic heterocycles. The zero-order valence-electron chi connectivity index (χ0n) is 11.1. The molecule has 0 radical (unpaired) electrons. The molecule has 0 unspecified atom stereocenters. The highest BCUT2D eigenvalue weighted by molar-refractivity contribution is 7.16. The van der Waals surface area contributed by atoms with Gasteiger partial charge in [0.15, 0.2) is 5.75 Å². The van der Waals surface area contributed by atoms with Gasteiger partial charge in [-0.1, -0.05) is 12.1 Å². The molecule has 1 aromatic carbocycles. The number of aromatic hydroxyl groups is 1. The van der Waals surface area contributed by atoms with Crippen molar-refractivity contribution in [1.29, 1.82) is 0 Å². The van der Waals surface area contributed by atoms with Gasteiger partial charge in [0.05, 0.1) is 5.51 Å². The Morgan fingerprint density at radius 2 is 2.09 bits per heavy atom. The fraction of sp³-hybridized carbons (Fsp3) is 0.0714. The second-order valence-electron chi connectivity index (χ2n) is 4.52. The molecule has 0 aliphatic rings. The fourth-order valence-electron chi connectivity index (χ4n) is 1.98. The van der Waals surface area contributed by atoms with Gasteiger partial charge in [-0.2, -0.15) is 0 Å². The number of hydrogen-bond acceptors (Lipinski definition) is 5. The molecule has 0 spiro atoms. The monoisotopic (exact) mass is 319 g/mol. The molecule has 2 heterocycles. The highest BCUT2D eigenvalue weighted by atomic mass is 32.1. The van der Waals surface area contributed by atoms with Crippen LogP contribution in [-0.4, -0.2) is 21.0 Å². The lowest BCUT2D eigenvalue weighted by atomic mass is 10.2. The van der Waals surface area contributed by atoms with Crippen LogP contribution in [0, 0.1) is 5.82 Å². The Balaban J connectivity index is 1.86. The van der Waals surface area contributed by atoms with Crippen molar-refractivity contribution < 1.29 is 14.3 Å². The summed E-state index contributed by atoms with van der Waals surface area (Å²) in [6.07, 6.45) is 0. The average molecular weight is 319 g/mol. The summed E-state index contributed by atoms with van der Waals surface area (Å²) in [6, 6.07) is 5.58. The third kappa shape index (κ3) is 2.56. The summed E-state index contributed by atoms with van der Waals surface area (Å²) < 4.78 is 12.8. The van der Waals surface area contributed by atoms with Crippen LogP contribution < -0.4 is 10.9 Å². The number of thiazole rings is 1. The van der Waals surface area contributed by atoms with E-state index in [0.29, 0.717) is 10.4 Å². The number of aromatic nitrogens is 2. The van der Waals surface area contributed by atoms with E-state index in [1.54, 1.807) is 0 Å². The van der Waals surface area contributed by atoms with E-state index in [0.717, 1.165) is 11.3 Å². The smallest absolute Gasteiger partial charge is 0.265 e. The highest BCUT2D eigenvalue weighted by Gasteiger charge is 2.20. The predicted octanol–water partition coefficient (Wildman–Crippen LogP) is 1.76. The van der Waals surface area contributed by atoms with Crippen LogP contribution in [-0.2, 0) is 6.54 Å². The van der Waals surface area contributed by atoms with Gasteiger partial charge in [-0.25, -0.2) is 9.37 Å². The maximum atomic E-state index is 12.8. The van der Waals surface area contributed by atoms with Gasteiger partial charge < -0.3 is 15.4 Å². The number of nitrogens with zero attached hydrogens (tertiary/aromatic N) is 1. The van der Waals surface area contributed by atoms with Crippen LogP contribution in [0.4, 0.5) is 4.39 Å². The Morgan fingerprint density at radius 3 is 2.82 bits per heavy atom. The number of carbonyl (C=O) groups excluding carboxylic acids is 1. The van der Waals surface area contributed by atoms with Gasteiger partial charge >= 0.3 is 0 Å². The molecule has 0 fully saturated rings. The third-order valence-corrected chi connectivity index (χ3v) is 3.82. The third-order valence-electron chi connectivity index (χ3n) is 3.08. The zero-order valence-corrected chi connectivity index (χ0v) is 11.9. The minimum atomic E-state index is -0.724. The summed E-state index contributed by atoms with van der Waals surface area (Å²) in [5, 5.41) is 12.5. The van der Waals surface area contributed by atoms with Gasteiger partial charge in [0.25, 0.3) is 11.5 Å². The average Bonchev–Trinajstić information content (AvgIpc) is 2.95. The number of rotatable bonds is 3. The molecule has 3 rings (SSSR count). The summed E-state index contributed by atoms with van der Waals surface area (Å²) in [5.74, 6) is -1.55. The summed E-state index contributed by atoms with van der Waals surface area (Å²) >= 11 is 1.15. The van der Waals surface area contributed by atoms with Crippen LogP contribution >= 0.6 is 11.3 Å². The van der Waals surface area contributed by atoms with Crippen LogP contribution in [0.3, 0.4) is 0 Å². The highest BCUT2D eigenvalue weighted by Crippen LogP contribution is 2.25. The van der Waals surface area contributed by atoms with Crippen molar-refractivity contribution in [3.8, 4) is 5.75 Å². The Hall–Kier alpha value is -2.74. The van der Waals surface area contributed by atoms with Crippen molar-refractivity contribution in [2.45, 2.75) is 6.54 Å². The summed E-state index contributed by atoms with van der Waals surface area (Å²) in [5.41, 5.74) is 1.23. The van der Waals surface area contributed by atoms with E-state index in [4.69, 9.17) is 0 Å². The van der Waals surface area contributed by atoms with E-state index in [1.165, 1.54) is 29.8 Å². The molecule has 3 N–H and O–H groups in total. The lowest BCUT2D eigenvalue weighted by molar-refractivity contribution is 0.0947. The maximum absolute atomic E-state index is 12.8. The van der Waals surface area contributed by atoms with Crippen molar-refractivity contribution in [2.75, 3.05) is 0 Å². The molecule has 0 saturated heterocycles. The van der Waals surface area contributed by atoms with E-state index in [9.17, 15) is 19.1 Å². The Labute approximate surface area is 127 Å². The molecular weight excluding hydrogens is 309 g/mol. The summed E-state index contributed by atoms with van der Waals surface area (Å²) in [7, 11) is 0. The topological polar surface area (TPSA) is 95.1 Å². The van der Waals surface area contributed by atoms with Gasteiger partial charge in [-0.15, -0.1) is 11.3 Å². The SMILES string of the molecule is O=C(NCc1ccc(F)cc1)c1c(O)c2ncsc2[nH]c1=O. The molecule has 0 aliphatic heterocycles. The standard InChI is InChI=1S/C14H10FN3O3S/c15-8-3-1-7(2-4-8)5-16-12(20)9-11(19)10-14(18-13(9)21)22-6-17-10/h1-4,6H,5H2,(H,16,20)(H2,18,19,21). The van der Waals surface area contributed by atoms with Gasteiger partial charge in [0.1, 0.15) is 21.7 Å². The predicted molar refractivity (Wildman–Crippen MR) is 79.5 cm³/mol. The first kappa shape index (κ1) is 14.2. The molecule has 22 heavy (non-hydrogen) atoms. The van der Waals surface area contributed by atoms with E-state index in [1.807, 2.05) is 0 Å². The largest absolute Gasteiger partial charge is 0.505 e. The first-order valence-corrected chi connectivity index (χ1v) is 7.15. The number of hydrogen-bond donors (Lipinski definition) is 3. The van der Waals surface area contributed by atoms with Crippen LogP contribution in [0.25, 0.3) is 10.3 Å². The van der Waals surface area contributed by atoms with Gasteiger partial charge in [-0.05, 0) is 17.7 Å². The Morgan fingerprint density at radius 1 is 1.36 bits per heavy atom. The molecule has 0 saturated carbocycles. The number of aromatic amines is 1. The molecule has 0 bridgehead atoms. The quantitative estimate of drug-likeness (QED) is 0.685. The Kier molecular flexibility index (Phi) is 3.60. The van der Waals surface area contributed by atoms with Crippen molar-refractivity contribution in [3.05, 3.63) is 57.1 Å². The number of carbonyl (C=O) groups is 1. The number of benzene rings is 1. The van der Waals surface area contributed by atoms with E-state index < -0.39 is 17.2 Å². The van der Waals surface area contributed by atoms with Crippen LogP contribution in [0.1, 0.15) is 15.9 Å². The molecule has 8 heteroatoms. The van der Waals surface area contributed by atoms with Gasteiger partial charge in [-0.3, -0.25) is 9.59 Å².